The molecule has 4 bridgehead atoms. The van der Waals surface area contributed by atoms with Gasteiger partial charge in [0.1, 0.15) is 23.7 Å². The van der Waals surface area contributed by atoms with Crippen LogP contribution in [0.5, 0.6) is 5.75 Å². The van der Waals surface area contributed by atoms with Gasteiger partial charge in [-0.2, -0.15) is 4.98 Å². The van der Waals surface area contributed by atoms with E-state index in [2.05, 4.69) is 25.8 Å². The lowest BCUT2D eigenvalue weighted by molar-refractivity contribution is -0.134. The fourth-order valence-electron chi connectivity index (χ4n) is 10.7. The zero-order valence-corrected chi connectivity index (χ0v) is 33.4. The average molecular weight is 810 g/mol. The van der Waals surface area contributed by atoms with E-state index in [9.17, 15) is 23.9 Å². The number of phenols is 1. The van der Waals surface area contributed by atoms with Crippen molar-refractivity contribution in [3.63, 3.8) is 0 Å². The largest absolute Gasteiger partial charge is 0.508 e. The Hall–Kier alpha value is -5.93. The summed E-state index contributed by atoms with van der Waals surface area (Å²) in [6.45, 7) is 4.01. The Morgan fingerprint density at radius 1 is 1.05 bits per heavy atom. The number of aromatic nitrogens is 5. The van der Waals surface area contributed by atoms with Crippen LogP contribution in [0, 0.1) is 42.8 Å². The number of fused-ring (bicyclic) bond motifs is 1. The van der Waals surface area contributed by atoms with Crippen molar-refractivity contribution in [2.45, 2.75) is 109 Å². The molecule has 4 aliphatic rings. The van der Waals surface area contributed by atoms with Gasteiger partial charge in [0.25, 0.3) is 5.91 Å². The molecule has 16 heteroatoms. The van der Waals surface area contributed by atoms with Crippen molar-refractivity contribution in [3.8, 4) is 5.75 Å². The number of aromatic amines is 1. The number of nitrogens with two attached hydrogens (primary N) is 2. The highest BCUT2D eigenvalue weighted by Gasteiger charge is 2.51. The number of nitrogens with zero attached hydrogens (tertiary/aromatic N) is 4. The summed E-state index contributed by atoms with van der Waals surface area (Å²) in [6, 6.07) is 5.56. The van der Waals surface area contributed by atoms with Crippen LogP contribution in [0.2, 0.25) is 0 Å². The van der Waals surface area contributed by atoms with Gasteiger partial charge in [-0.05, 0) is 141 Å². The van der Waals surface area contributed by atoms with E-state index in [0.29, 0.717) is 53.2 Å². The minimum absolute atomic E-state index is 0.0243. The highest BCUT2D eigenvalue weighted by Crippen LogP contribution is 2.61. The van der Waals surface area contributed by atoms with Crippen molar-refractivity contribution in [1.29, 1.82) is 0 Å². The maximum absolute atomic E-state index is 14.7. The van der Waals surface area contributed by atoms with E-state index in [-0.39, 0.29) is 36.3 Å². The molecule has 3 aromatic heterocycles. The molecule has 312 valence electrons. The number of amides is 3. The second kappa shape index (κ2) is 16.4. The van der Waals surface area contributed by atoms with E-state index < -0.39 is 41.9 Å². The zero-order chi connectivity index (χ0) is 41.4. The van der Waals surface area contributed by atoms with Gasteiger partial charge in [-0.25, -0.2) is 14.2 Å². The molecule has 0 radical (unpaired) electrons. The molecule has 3 heterocycles. The first-order chi connectivity index (χ1) is 28.3. The molecule has 2 unspecified atom stereocenters. The third kappa shape index (κ3) is 8.91. The van der Waals surface area contributed by atoms with E-state index in [1.807, 2.05) is 13.8 Å². The van der Waals surface area contributed by atoms with E-state index in [0.717, 1.165) is 28.8 Å². The number of halogens is 1. The Kier molecular flexibility index (Phi) is 11.1. The van der Waals surface area contributed by atoms with Crippen LogP contribution in [0.25, 0.3) is 10.9 Å². The lowest BCUT2D eigenvalue weighted by Gasteiger charge is -2.56. The van der Waals surface area contributed by atoms with Crippen molar-refractivity contribution >= 4 is 34.8 Å². The highest BCUT2D eigenvalue weighted by atomic mass is 19.1. The van der Waals surface area contributed by atoms with Crippen LogP contribution in [-0.4, -0.2) is 59.8 Å². The molecule has 0 spiro atoms. The zero-order valence-electron chi connectivity index (χ0n) is 33.4. The van der Waals surface area contributed by atoms with Crippen LogP contribution >= 0.6 is 0 Å². The number of rotatable bonds is 16. The highest BCUT2D eigenvalue weighted by molar-refractivity contribution is 5.91. The molecule has 9 rings (SSSR count). The maximum atomic E-state index is 14.7. The summed E-state index contributed by atoms with van der Waals surface area (Å²) < 4.78 is 27.5. The number of aryl methyl sites for hydroxylation is 3. The first-order valence-corrected chi connectivity index (χ1v) is 20.5. The number of imidazole rings is 1. The number of nitrogens with one attached hydrogen (secondary N) is 3. The van der Waals surface area contributed by atoms with Gasteiger partial charge in [0.15, 0.2) is 17.9 Å². The Morgan fingerprint density at radius 3 is 2.42 bits per heavy atom. The summed E-state index contributed by atoms with van der Waals surface area (Å²) in [5.41, 5.74) is 15.0. The first-order valence-electron chi connectivity index (χ1n) is 20.5. The van der Waals surface area contributed by atoms with Gasteiger partial charge in [-0.15, -0.1) is 0 Å². The van der Waals surface area contributed by atoms with Gasteiger partial charge < -0.3 is 46.0 Å². The van der Waals surface area contributed by atoms with Crippen LogP contribution in [0.3, 0.4) is 0 Å². The van der Waals surface area contributed by atoms with Gasteiger partial charge in [0.2, 0.25) is 11.8 Å². The Bertz CT molecular complexity index is 2290. The van der Waals surface area contributed by atoms with Crippen molar-refractivity contribution < 1.29 is 33.1 Å². The molecule has 4 aliphatic carbocycles. The maximum Gasteiger partial charge on any atom is 0.405 e. The van der Waals surface area contributed by atoms with Gasteiger partial charge in [0.05, 0.1) is 0 Å². The van der Waals surface area contributed by atoms with Crippen LogP contribution in [0.15, 0.2) is 53.4 Å². The van der Waals surface area contributed by atoms with E-state index >= 15 is 0 Å². The number of nitrogen functional groups attached to an aromatic ring is 1. The molecule has 0 saturated heterocycles. The number of H-pyrrole nitrogens is 1. The molecule has 8 N–H and O–H groups in total. The monoisotopic (exact) mass is 809 g/mol. The number of anilines is 1. The number of ether oxygens (including phenoxy) is 1. The molecule has 15 nitrogen and oxygen atoms in total. The van der Waals surface area contributed by atoms with Crippen LogP contribution in [-0.2, 0) is 40.1 Å². The minimum Gasteiger partial charge on any atom is -0.508 e. The number of carbonyl (C=O) groups excluding carboxylic acids is 3. The van der Waals surface area contributed by atoms with E-state index in [4.69, 9.17) is 25.7 Å². The fourth-order valence-corrected chi connectivity index (χ4v) is 10.7. The van der Waals surface area contributed by atoms with Gasteiger partial charge in [-0.3, -0.25) is 9.59 Å². The molecule has 5 aromatic rings. The summed E-state index contributed by atoms with van der Waals surface area (Å²) in [4.78, 5) is 52.7. The van der Waals surface area contributed by atoms with Crippen molar-refractivity contribution in [1.82, 2.24) is 35.3 Å². The molecular weight excluding hydrogens is 758 g/mol. The second-order valence-corrected chi connectivity index (χ2v) is 17.3. The fraction of sp³-hybridized carbons (Fsp3) is 0.488. The van der Waals surface area contributed by atoms with Crippen molar-refractivity contribution in [2.24, 2.45) is 28.9 Å². The topological polar surface area (TPSA) is 229 Å². The predicted octanol–water partition coefficient (Wildman–Crippen LogP) is 5.62. The molecule has 2 aromatic carbocycles. The summed E-state index contributed by atoms with van der Waals surface area (Å²) >= 11 is 0. The second-order valence-electron chi connectivity index (χ2n) is 17.3. The SMILES string of the molecule is Cc1cc(O)cc(C)c1CC(NC(=O)C(CCCn1ccnc1N)OC(N)=O)C(=O)N[C@@H](Cc1c[nH]c2ccc(F)cc12)c1nc(CC23CC4CC(CC(C4)C2)C3)no1. The molecule has 3 amide bonds. The number of carbonyl (C=O) groups is 3. The Morgan fingerprint density at radius 2 is 1.76 bits per heavy atom. The summed E-state index contributed by atoms with van der Waals surface area (Å²) in [6.07, 6.45) is 11.3. The van der Waals surface area contributed by atoms with Gasteiger partial charge in [0, 0.05) is 55.3 Å². The summed E-state index contributed by atoms with van der Waals surface area (Å²) in [7, 11) is 0. The smallest absolute Gasteiger partial charge is 0.405 e. The van der Waals surface area contributed by atoms with E-state index in [1.54, 1.807) is 41.4 Å². The molecular formula is C43H52FN9O6. The lowest BCUT2D eigenvalue weighted by atomic mass is 9.49. The number of aromatic hydroxyl groups is 1. The molecule has 4 fully saturated rings. The Balaban J connectivity index is 1.07. The third-order valence-electron chi connectivity index (χ3n) is 12.8. The third-order valence-corrected chi connectivity index (χ3v) is 12.8. The standard InChI is InChI=1S/C43H52FN9O6/c1-23-10-30(54)11-24(2)31(23)17-34(49-39(56)36(58-42(46)57)4-3-8-53-9-7-47-41(53)45)38(55)50-35(15-28-22-48-33-6-5-29(44)16-32(28)33)40-51-37(52-59-40)21-43-18-25-12-26(19-43)14-27(13-25)20-43/h5-7,9-11,16,22,25-27,34-36,48,54H,3-4,8,12-15,17-21H2,1-2H3,(H2,45,47)(H2,46,57)(H,49,56)(H,50,55)/t25?,26?,27?,34?,35-,36?,43?/m0/s1. The quantitative estimate of drug-likeness (QED) is 0.0721. The van der Waals surface area contributed by atoms with Crippen LogP contribution in [0.1, 0.15) is 91.4 Å². The first kappa shape index (κ1) is 39.9. The van der Waals surface area contributed by atoms with E-state index in [1.165, 1.54) is 50.7 Å². The summed E-state index contributed by atoms with van der Waals surface area (Å²) in [5, 5.41) is 21.3. The number of hydrogen-bond acceptors (Lipinski definition) is 10. The predicted molar refractivity (Wildman–Crippen MR) is 215 cm³/mol. The van der Waals surface area contributed by atoms with Gasteiger partial charge >= 0.3 is 6.09 Å². The Labute approximate surface area is 340 Å². The van der Waals surface area contributed by atoms with Crippen molar-refractivity contribution in [2.75, 3.05) is 5.73 Å². The van der Waals surface area contributed by atoms with Crippen LogP contribution in [0.4, 0.5) is 15.1 Å². The number of hydrogen-bond donors (Lipinski definition) is 6. The molecule has 0 aliphatic heterocycles. The lowest BCUT2D eigenvalue weighted by Crippen LogP contribution is -2.52. The number of benzene rings is 2. The van der Waals surface area contributed by atoms with Crippen molar-refractivity contribution in [3.05, 3.63) is 88.7 Å². The van der Waals surface area contributed by atoms with Gasteiger partial charge in [-0.1, -0.05) is 5.16 Å². The number of primary amides is 1. The minimum atomic E-state index is -1.32. The molecule has 59 heavy (non-hydrogen) atoms. The normalized spacial score (nSPS) is 22.3. The number of phenolic OH excluding ortho intramolecular Hbond substituents is 1. The van der Waals surface area contributed by atoms with Crippen LogP contribution < -0.4 is 22.1 Å². The molecule has 4 saturated carbocycles. The average Bonchev–Trinajstić information content (AvgIpc) is 3.91. The summed E-state index contributed by atoms with van der Waals surface area (Å²) in [5.74, 6) is 1.69. The molecule has 3 atom stereocenters.